The molecular weight excluding hydrogens is 458 g/mol. The van der Waals surface area contributed by atoms with E-state index in [0.29, 0.717) is 29.2 Å². The fourth-order valence-electron chi connectivity index (χ4n) is 2.86. The van der Waals surface area contributed by atoms with E-state index in [1.165, 1.54) is 0 Å². The highest BCUT2D eigenvalue weighted by Crippen LogP contribution is 2.23. The van der Waals surface area contributed by atoms with Crippen LogP contribution in [0.5, 0.6) is 11.5 Å². The van der Waals surface area contributed by atoms with Crippen LogP contribution in [-0.2, 0) is 6.54 Å². The van der Waals surface area contributed by atoms with E-state index < -0.39 is 0 Å². The second kappa shape index (κ2) is 9.24. The van der Waals surface area contributed by atoms with E-state index in [2.05, 4.69) is 37.4 Å². The van der Waals surface area contributed by atoms with Crippen LogP contribution in [0.15, 0.2) is 83.6 Å². The number of carbonyl (C=O) groups excluding carboxylic acids is 1. The number of hydrogen-bond donors (Lipinski definition) is 1. The number of ether oxygens (including phenoxy) is 1. The van der Waals surface area contributed by atoms with Gasteiger partial charge in [0, 0.05) is 10.0 Å². The van der Waals surface area contributed by atoms with Crippen molar-refractivity contribution in [3.8, 4) is 17.6 Å². The second-order valence-electron chi connectivity index (χ2n) is 6.62. The van der Waals surface area contributed by atoms with Crippen molar-refractivity contribution in [2.24, 2.45) is 0 Å². The predicted octanol–water partition coefficient (Wildman–Crippen LogP) is 5.01. The molecule has 0 radical (unpaired) electrons. The molecule has 0 saturated carbocycles. The van der Waals surface area contributed by atoms with Crippen LogP contribution in [0.3, 0.4) is 0 Å². The monoisotopic (exact) mass is 473 g/mol. The Hall–Kier alpha value is -3.96. The van der Waals surface area contributed by atoms with Gasteiger partial charge in [-0.1, -0.05) is 34.1 Å². The topological polar surface area (TPSA) is 92.8 Å². The zero-order valence-corrected chi connectivity index (χ0v) is 17.8. The first-order chi connectivity index (χ1) is 15.1. The van der Waals surface area contributed by atoms with Gasteiger partial charge in [-0.15, -0.1) is 5.10 Å². The number of hydrogen-bond acceptors (Lipinski definition) is 5. The maximum atomic E-state index is 12.6. The lowest BCUT2D eigenvalue weighted by molar-refractivity contribution is 0.102. The largest absolute Gasteiger partial charge is 0.457 e. The molecule has 0 saturated heterocycles. The molecule has 7 nitrogen and oxygen atoms in total. The molecule has 4 aromatic rings. The summed E-state index contributed by atoms with van der Waals surface area (Å²) in [5, 5.41) is 15.9. The molecule has 1 heterocycles. The lowest BCUT2D eigenvalue weighted by atomic mass is 10.2. The minimum atomic E-state index is -0.342. The van der Waals surface area contributed by atoms with Crippen LogP contribution < -0.4 is 10.1 Å². The number of anilines is 1. The summed E-state index contributed by atoms with van der Waals surface area (Å²) in [5.41, 5.74) is 2.02. The minimum Gasteiger partial charge on any atom is -0.457 e. The van der Waals surface area contributed by atoms with E-state index in [4.69, 9.17) is 10.00 Å². The number of halogens is 1. The maximum Gasteiger partial charge on any atom is 0.258 e. The maximum absolute atomic E-state index is 12.6. The first-order valence-corrected chi connectivity index (χ1v) is 10.1. The van der Waals surface area contributed by atoms with Crippen molar-refractivity contribution in [2.45, 2.75) is 6.54 Å². The molecule has 0 aliphatic carbocycles. The summed E-state index contributed by atoms with van der Waals surface area (Å²) in [6, 6.07) is 23.5. The summed E-state index contributed by atoms with van der Waals surface area (Å²) in [5.74, 6) is 0.957. The van der Waals surface area contributed by atoms with Gasteiger partial charge in [-0.3, -0.25) is 10.1 Å². The van der Waals surface area contributed by atoms with Crippen LogP contribution >= 0.6 is 15.9 Å². The molecule has 0 atom stereocenters. The van der Waals surface area contributed by atoms with Gasteiger partial charge in [-0.05, 0) is 60.2 Å². The van der Waals surface area contributed by atoms with E-state index in [-0.39, 0.29) is 11.9 Å². The van der Waals surface area contributed by atoms with Crippen molar-refractivity contribution >= 4 is 27.8 Å². The summed E-state index contributed by atoms with van der Waals surface area (Å²) >= 11 is 3.45. The van der Waals surface area contributed by atoms with Crippen molar-refractivity contribution in [1.82, 2.24) is 14.8 Å². The summed E-state index contributed by atoms with van der Waals surface area (Å²) in [4.78, 5) is 16.8. The van der Waals surface area contributed by atoms with Gasteiger partial charge in [-0.2, -0.15) is 5.26 Å². The van der Waals surface area contributed by atoms with Crippen molar-refractivity contribution in [2.75, 3.05) is 5.32 Å². The molecule has 4 rings (SSSR count). The zero-order valence-electron chi connectivity index (χ0n) is 16.2. The van der Waals surface area contributed by atoms with Gasteiger partial charge in [0.2, 0.25) is 5.95 Å². The lowest BCUT2D eigenvalue weighted by Gasteiger charge is -2.07. The number of nitrogens with zero attached hydrogens (tertiary/aromatic N) is 4. The first kappa shape index (κ1) is 20.3. The van der Waals surface area contributed by atoms with Crippen LogP contribution in [0.25, 0.3) is 0 Å². The Bertz CT molecular complexity index is 1260. The summed E-state index contributed by atoms with van der Waals surface area (Å²) in [6.07, 6.45) is 1.57. The Morgan fingerprint density at radius 2 is 1.87 bits per heavy atom. The molecular formula is C23H16BrN5O2. The summed E-state index contributed by atoms with van der Waals surface area (Å²) in [7, 11) is 0. The van der Waals surface area contributed by atoms with E-state index in [1.54, 1.807) is 59.5 Å². The standard InChI is InChI=1S/C23H16BrN5O2/c24-19-5-1-3-17(11-19)14-29-15-26-23(28-29)27-22(30)18-4-2-6-21(12-18)31-20-9-7-16(13-25)8-10-20/h1-12,15H,14H2,(H,27,28,30). The highest BCUT2D eigenvalue weighted by molar-refractivity contribution is 9.10. The molecule has 8 heteroatoms. The molecule has 0 fully saturated rings. The highest BCUT2D eigenvalue weighted by Gasteiger charge is 2.11. The van der Waals surface area contributed by atoms with Crippen LogP contribution in [0, 0.1) is 11.3 Å². The van der Waals surface area contributed by atoms with Crippen molar-refractivity contribution < 1.29 is 9.53 Å². The van der Waals surface area contributed by atoms with Crippen LogP contribution in [0.4, 0.5) is 5.95 Å². The van der Waals surface area contributed by atoms with Gasteiger partial charge >= 0.3 is 0 Å². The summed E-state index contributed by atoms with van der Waals surface area (Å²) < 4.78 is 8.41. The molecule has 1 aromatic heterocycles. The third-order valence-electron chi connectivity index (χ3n) is 4.31. The van der Waals surface area contributed by atoms with Gasteiger partial charge in [0.25, 0.3) is 5.91 Å². The van der Waals surface area contributed by atoms with Crippen molar-refractivity contribution in [3.05, 3.63) is 100 Å². The van der Waals surface area contributed by atoms with Gasteiger partial charge < -0.3 is 4.74 Å². The van der Waals surface area contributed by atoms with E-state index in [1.807, 2.05) is 24.3 Å². The summed E-state index contributed by atoms with van der Waals surface area (Å²) in [6.45, 7) is 0.538. The fraction of sp³-hybridized carbons (Fsp3) is 0.0435. The Balaban J connectivity index is 1.41. The number of nitrogens with one attached hydrogen (secondary N) is 1. The average molecular weight is 474 g/mol. The molecule has 0 spiro atoms. The molecule has 0 aliphatic heterocycles. The number of aromatic nitrogens is 3. The Morgan fingerprint density at radius 1 is 1.06 bits per heavy atom. The molecule has 152 valence electrons. The quantitative estimate of drug-likeness (QED) is 0.424. The molecule has 1 N–H and O–H groups in total. The lowest BCUT2D eigenvalue weighted by Crippen LogP contribution is -2.13. The Kier molecular flexibility index (Phi) is 6.05. The number of carbonyl (C=O) groups is 1. The molecule has 3 aromatic carbocycles. The van der Waals surface area contributed by atoms with Gasteiger partial charge in [0.05, 0.1) is 18.2 Å². The number of rotatable bonds is 6. The molecule has 0 unspecified atom stereocenters. The SMILES string of the molecule is N#Cc1ccc(Oc2cccc(C(=O)Nc3ncn(Cc4cccc(Br)c4)n3)c2)cc1. The highest BCUT2D eigenvalue weighted by atomic mass is 79.9. The van der Waals surface area contributed by atoms with E-state index in [9.17, 15) is 4.79 Å². The third-order valence-corrected chi connectivity index (χ3v) is 4.80. The normalized spacial score (nSPS) is 10.3. The van der Waals surface area contributed by atoms with E-state index in [0.717, 1.165) is 10.0 Å². The number of nitriles is 1. The zero-order chi connectivity index (χ0) is 21.6. The predicted molar refractivity (Wildman–Crippen MR) is 119 cm³/mol. The molecule has 0 aliphatic rings. The molecule has 31 heavy (non-hydrogen) atoms. The minimum absolute atomic E-state index is 0.221. The first-order valence-electron chi connectivity index (χ1n) is 9.32. The van der Waals surface area contributed by atoms with E-state index >= 15 is 0 Å². The Labute approximate surface area is 187 Å². The second-order valence-corrected chi connectivity index (χ2v) is 7.53. The van der Waals surface area contributed by atoms with Gasteiger partial charge in [-0.25, -0.2) is 9.67 Å². The third kappa shape index (κ3) is 5.35. The van der Waals surface area contributed by atoms with Crippen molar-refractivity contribution in [1.29, 1.82) is 5.26 Å². The molecule has 0 bridgehead atoms. The smallest absolute Gasteiger partial charge is 0.258 e. The Morgan fingerprint density at radius 3 is 2.65 bits per heavy atom. The molecule has 1 amide bonds. The van der Waals surface area contributed by atoms with Crippen LogP contribution in [0.1, 0.15) is 21.5 Å². The van der Waals surface area contributed by atoms with Gasteiger partial charge in [0.15, 0.2) is 0 Å². The fourth-order valence-corrected chi connectivity index (χ4v) is 3.31. The number of amides is 1. The van der Waals surface area contributed by atoms with Crippen LogP contribution in [0.2, 0.25) is 0 Å². The number of benzene rings is 3. The van der Waals surface area contributed by atoms with Crippen LogP contribution in [-0.4, -0.2) is 20.7 Å². The average Bonchev–Trinajstić information content (AvgIpc) is 3.21. The van der Waals surface area contributed by atoms with Crippen molar-refractivity contribution in [3.63, 3.8) is 0 Å². The van der Waals surface area contributed by atoms with Gasteiger partial charge in [0.1, 0.15) is 17.8 Å².